The van der Waals surface area contributed by atoms with Crippen molar-refractivity contribution in [1.82, 2.24) is 10.2 Å². The molecule has 0 saturated heterocycles. The first kappa shape index (κ1) is 35.7. The van der Waals surface area contributed by atoms with Crippen LogP contribution in [0.1, 0.15) is 50.0 Å². The summed E-state index contributed by atoms with van der Waals surface area (Å²) in [5.41, 5.74) is 6.87. The van der Waals surface area contributed by atoms with Crippen LogP contribution in [0.15, 0.2) is 54.6 Å². The van der Waals surface area contributed by atoms with E-state index in [0.717, 1.165) is 10.3 Å². The molecule has 0 spiro atoms. The van der Waals surface area contributed by atoms with Crippen LogP contribution in [0.5, 0.6) is 5.75 Å². The maximum absolute atomic E-state index is 14.5. The van der Waals surface area contributed by atoms with E-state index in [1.165, 1.54) is 38.0 Å². The van der Waals surface area contributed by atoms with Gasteiger partial charge in [0.2, 0.25) is 11.8 Å². The molecule has 13 nitrogen and oxygen atoms in total. The summed E-state index contributed by atoms with van der Waals surface area (Å²) < 4.78 is 16.0. The van der Waals surface area contributed by atoms with Crippen molar-refractivity contribution in [3.05, 3.63) is 65.7 Å². The van der Waals surface area contributed by atoms with Gasteiger partial charge < -0.3 is 35.1 Å². The average Bonchev–Trinajstić information content (AvgIpc) is 3.17. The van der Waals surface area contributed by atoms with Crippen LogP contribution in [0.2, 0.25) is 0 Å². The Hall–Kier alpha value is -5.17. The molecule has 4 amide bonds. The second-order valence-corrected chi connectivity index (χ2v) is 12.5. The maximum Gasteiger partial charge on any atom is 0.410 e. The van der Waals surface area contributed by atoms with E-state index in [0.29, 0.717) is 33.6 Å². The minimum Gasteiger partial charge on any atom is -0.496 e. The molecule has 0 fully saturated rings. The Bertz CT molecular complexity index is 1720. The van der Waals surface area contributed by atoms with Crippen LogP contribution in [0, 0.1) is 0 Å². The number of rotatable bonds is 9. The first-order chi connectivity index (χ1) is 22.7. The number of methoxy groups -OCH3 is 2. The molecule has 3 N–H and O–H groups in total. The molecule has 1 aliphatic heterocycles. The normalized spacial score (nSPS) is 15.2. The van der Waals surface area contributed by atoms with Gasteiger partial charge in [0, 0.05) is 25.6 Å². The van der Waals surface area contributed by atoms with Crippen molar-refractivity contribution >= 4 is 51.9 Å². The second-order valence-electron chi connectivity index (χ2n) is 12.5. The Labute approximate surface area is 279 Å². The number of amides is 4. The molecular weight excluding hydrogens is 618 g/mol. The number of nitrogens with zero attached hydrogens (tertiary/aromatic N) is 3. The smallest absolute Gasteiger partial charge is 0.410 e. The lowest BCUT2D eigenvalue weighted by Crippen LogP contribution is -2.57. The monoisotopic (exact) mass is 661 g/mol. The molecule has 3 aromatic rings. The van der Waals surface area contributed by atoms with E-state index < -0.39 is 41.6 Å². The molecule has 0 bridgehead atoms. The molecule has 4 rings (SSSR count). The summed E-state index contributed by atoms with van der Waals surface area (Å²) in [5, 5.41) is 4.23. The zero-order valence-corrected chi connectivity index (χ0v) is 28.4. The zero-order valence-electron chi connectivity index (χ0n) is 28.4. The quantitative estimate of drug-likeness (QED) is 0.327. The van der Waals surface area contributed by atoms with Crippen LogP contribution in [0.25, 0.3) is 10.8 Å². The molecule has 1 aliphatic rings. The second kappa shape index (κ2) is 14.7. The molecule has 0 aromatic heterocycles. The number of nitrogens with one attached hydrogen (secondary N) is 1. The van der Waals surface area contributed by atoms with Gasteiger partial charge in [0.15, 0.2) is 0 Å². The van der Waals surface area contributed by atoms with Gasteiger partial charge in [-0.3, -0.25) is 19.3 Å². The Balaban J connectivity index is 1.79. The zero-order chi connectivity index (χ0) is 35.3. The van der Waals surface area contributed by atoms with Crippen LogP contribution >= 0.6 is 0 Å². The lowest BCUT2D eigenvalue weighted by atomic mass is 10.00. The Morgan fingerprint density at radius 1 is 1.04 bits per heavy atom. The van der Waals surface area contributed by atoms with E-state index in [1.54, 1.807) is 75.4 Å². The summed E-state index contributed by atoms with van der Waals surface area (Å²) in [6, 6.07) is 13.4. The topological polar surface area (TPSA) is 161 Å². The predicted octanol–water partition coefficient (Wildman–Crippen LogP) is 3.60. The van der Waals surface area contributed by atoms with Crippen molar-refractivity contribution < 1.29 is 38.2 Å². The minimum absolute atomic E-state index is 0.00736. The molecule has 2 unspecified atom stereocenters. The number of likely N-dealkylation sites (N-methyl/N-ethyl adjacent to an activating group) is 1. The number of nitrogens with two attached hydrogens (primary N) is 1. The molecule has 0 saturated carbocycles. The van der Waals surface area contributed by atoms with E-state index in [2.05, 4.69) is 5.32 Å². The van der Waals surface area contributed by atoms with Crippen molar-refractivity contribution in [2.24, 2.45) is 5.73 Å². The molecule has 3 aromatic carbocycles. The van der Waals surface area contributed by atoms with E-state index in [4.69, 9.17) is 19.9 Å². The van der Waals surface area contributed by atoms with Gasteiger partial charge in [0.25, 0.3) is 5.91 Å². The fourth-order valence-electron chi connectivity index (χ4n) is 5.44. The number of fused-ring (bicyclic) bond motifs is 2. The number of esters is 1. The SMILES string of the molecule is COC(=O)c1ccc2c(CN3C(=O)C(NC(=O)C(C)N(C)C(=O)OC(C)(C)C)CN(C(=O)CCN)c4ccccc43)c(OC)ccc2c1. The van der Waals surface area contributed by atoms with E-state index >= 15 is 0 Å². The highest BCUT2D eigenvalue weighted by molar-refractivity contribution is 6.09. The van der Waals surface area contributed by atoms with Gasteiger partial charge in [-0.05, 0) is 68.8 Å². The van der Waals surface area contributed by atoms with Crippen molar-refractivity contribution in [1.29, 1.82) is 0 Å². The molecular formula is C35H43N5O8. The molecule has 0 aliphatic carbocycles. The number of carbonyl (C=O) groups excluding carboxylic acids is 5. The van der Waals surface area contributed by atoms with Gasteiger partial charge in [-0.15, -0.1) is 0 Å². The number of para-hydroxylation sites is 2. The minimum atomic E-state index is -1.20. The Morgan fingerprint density at radius 3 is 2.35 bits per heavy atom. The fraction of sp³-hybridized carbons (Fsp3) is 0.400. The number of benzene rings is 3. The van der Waals surface area contributed by atoms with Crippen LogP contribution in [-0.4, -0.2) is 86.7 Å². The third-order valence-corrected chi connectivity index (χ3v) is 8.06. The largest absolute Gasteiger partial charge is 0.496 e. The number of hydrogen-bond acceptors (Lipinski definition) is 9. The third-order valence-electron chi connectivity index (χ3n) is 8.06. The predicted molar refractivity (Wildman–Crippen MR) is 181 cm³/mol. The summed E-state index contributed by atoms with van der Waals surface area (Å²) in [6.45, 7) is 6.58. The van der Waals surface area contributed by atoms with Crippen LogP contribution < -0.4 is 25.6 Å². The highest BCUT2D eigenvalue weighted by atomic mass is 16.6. The van der Waals surface area contributed by atoms with Gasteiger partial charge in [0.1, 0.15) is 23.4 Å². The molecule has 256 valence electrons. The summed E-state index contributed by atoms with van der Waals surface area (Å²) >= 11 is 0. The van der Waals surface area contributed by atoms with Gasteiger partial charge in [-0.2, -0.15) is 0 Å². The summed E-state index contributed by atoms with van der Waals surface area (Å²) in [5.74, 6) is -1.42. The van der Waals surface area contributed by atoms with Crippen molar-refractivity contribution in [2.75, 3.05) is 44.2 Å². The lowest BCUT2D eigenvalue weighted by molar-refractivity contribution is -0.130. The van der Waals surface area contributed by atoms with Crippen molar-refractivity contribution in [3.63, 3.8) is 0 Å². The number of anilines is 2. The number of hydrogen-bond donors (Lipinski definition) is 2. The maximum atomic E-state index is 14.5. The standard InChI is InChI=1S/C35H43N5O8/c1-21(38(5)34(45)48-35(2,3)4)31(42)37-26-20-39(30(41)16-17-36)27-10-8-9-11-28(27)40(32(26)43)19-25-24-14-12-23(33(44)47-7)18-22(24)13-15-29(25)46-6/h8-15,18,21,26H,16-17,19-20,36H2,1-7H3,(H,37,42). The van der Waals surface area contributed by atoms with Gasteiger partial charge >= 0.3 is 12.1 Å². The average molecular weight is 662 g/mol. The number of ether oxygens (including phenoxy) is 3. The van der Waals surface area contributed by atoms with Crippen LogP contribution in [-0.2, 0) is 30.4 Å². The van der Waals surface area contributed by atoms with E-state index in [9.17, 15) is 24.0 Å². The highest BCUT2D eigenvalue weighted by Gasteiger charge is 2.38. The summed E-state index contributed by atoms with van der Waals surface area (Å²) in [7, 11) is 4.26. The van der Waals surface area contributed by atoms with Gasteiger partial charge in [-0.1, -0.05) is 24.3 Å². The van der Waals surface area contributed by atoms with Crippen LogP contribution in [0.4, 0.5) is 16.2 Å². The van der Waals surface area contributed by atoms with Crippen LogP contribution in [0.3, 0.4) is 0 Å². The van der Waals surface area contributed by atoms with Crippen molar-refractivity contribution in [3.8, 4) is 5.75 Å². The first-order valence-electron chi connectivity index (χ1n) is 15.6. The lowest BCUT2D eigenvalue weighted by Gasteiger charge is -2.30. The third kappa shape index (κ3) is 7.68. The molecule has 1 heterocycles. The Kier molecular flexibility index (Phi) is 10.9. The van der Waals surface area contributed by atoms with Crippen molar-refractivity contribution in [2.45, 2.75) is 58.3 Å². The first-order valence-corrected chi connectivity index (χ1v) is 15.6. The molecule has 48 heavy (non-hydrogen) atoms. The van der Waals surface area contributed by atoms with E-state index in [-0.39, 0.29) is 32.0 Å². The highest BCUT2D eigenvalue weighted by Crippen LogP contribution is 2.37. The molecule has 0 radical (unpaired) electrons. The summed E-state index contributed by atoms with van der Waals surface area (Å²) in [4.78, 5) is 70.7. The van der Waals surface area contributed by atoms with E-state index in [1.807, 2.05) is 0 Å². The molecule has 13 heteroatoms. The summed E-state index contributed by atoms with van der Waals surface area (Å²) in [6.07, 6.45) is -0.690. The molecule has 2 atom stereocenters. The van der Waals surface area contributed by atoms with Gasteiger partial charge in [0.05, 0.1) is 44.2 Å². The van der Waals surface area contributed by atoms with Gasteiger partial charge in [-0.25, -0.2) is 9.59 Å². The fourth-order valence-corrected chi connectivity index (χ4v) is 5.44. The Morgan fingerprint density at radius 2 is 1.73 bits per heavy atom. The number of carbonyl (C=O) groups is 5.